The maximum Gasteiger partial charge on any atom is 0.283 e. The number of nitrogens with one attached hydrogen (secondary N) is 1. The first-order valence-corrected chi connectivity index (χ1v) is 11.9. The number of hydrazone groups is 1. The lowest BCUT2D eigenvalue weighted by atomic mass is 10.1. The summed E-state index contributed by atoms with van der Waals surface area (Å²) in [7, 11) is 0. The van der Waals surface area contributed by atoms with Crippen LogP contribution in [0.1, 0.15) is 39.2 Å². The molecule has 2 aliphatic heterocycles. The van der Waals surface area contributed by atoms with Crippen molar-refractivity contribution in [2.24, 2.45) is 10.1 Å². The second-order valence-corrected chi connectivity index (χ2v) is 9.65. The van der Waals surface area contributed by atoms with Crippen molar-refractivity contribution in [1.29, 1.82) is 5.41 Å². The second kappa shape index (κ2) is 8.25. The Morgan fingerprint density at radius 2 is 1.74 bits per heavy atom. The van der Waals surface area contributed by atoms with Gasteiger partial charge in [-0.15, -0.1) is 0 Å². The van der Waals surface area contributed by atoms with E-state index >= 15 is 0 Å². The molecule has 1 N–H and O–H groups in total. The smallest absolute Gasteiger partial charge is 0.283 e. The number of aromatic nitrogens is 1. The number of rotatable bonds is 3. The van der Waals surface area contributed by atoms with E-state index in [1.807, 2.05) is 44.2 Å². The van der Waals surface area contributed by atoms with Gasteiger partial charge in [0.25, 0.3) is 5.91 Å². The maximum absolute atomic E-state index is 12.9. The highest BCUT2D eigenvalue weighted by atomic mass is 32.2. The number of fused-ring (bicyclic) bond motifs is 1. The van der Waals surface area contributed by atoms with Gasteiger partial charge in [-0.25, -0.2) is 0 Å². The SMILES string of the molecule is Cc1ccc(C)c(-n2c(C)cc(/C=C3\C(=N)N4N=C(c5ccccc5C)SC4=NC3=O)c2C)c1. The van der Waals surface area contributed by atoms with Gasteiger partial charge in [-0.2, -0.15) is 15.1 Å². The molecular formula is C27H25N5OS. The van der Waals surface area contributed by atoms with Gasteiger partial charge in [-0.05, 0) is 86.8 Å². The van der Waals surface area contributed by atoms with Crippen molar-refractivity contribution in [1.82, 2.24) is 9.58 Å². The number of carbonyl (C=O) groups excluding carboxylic acids is 1. The summed E-state index contributed by atoms with van der Waals surface area (Å²) in [5.41, 5.74) is 8.74. The average Bonchev–Trinajstić information content (AvgIpc) is 3.33. The van der Waals surface area contributed by atoms with Crippen LogP contribution in [0.4, 0.5) is 0 Å². The van der Waals surface area contributed by atoms with Crippen LogP contribution in [0.25, 0.3) is 11.8 Å². The molecule has 3 heterocycles. The number of benzene rings is 2. The fourth-order valence-corrected chi connectivity index (χ4v) is 5.32. The Labute approximate surface area is 203 Å². The summed E-state index contributed by atoms with van der Waals surface area (Å²) < 4.78 is 2.19. The molecule has 0 unspecified atom stereocenters. The van der Waals surface area contributed by atoms with Crippen LogP contribution in [0.15, 0.2) is 64.2 Å². The van der Waals surface area contributed by atoms with E-state index in [4.69, 9.17) is 5.41 Å². The lowest BCUT2D eigenvalue weighted by molar-refractivity contribution is -0.114. The van der Waals surface area contributed by atoms with Gasteiger partial charge in [0.05, 0.1) is 5.57 Å². The highest BCUT2D eigenvalue weighted by Gasteiger charge is 2.36. The van der Waals surface area contributed by atoms with E-state index in [2.05, 4.69) is 53.6 Å². The van der Waals surface area contributed by atoms with Crippen LogP contribution >= 0.6 is 11.8 Å². The zero-order chi connectivity index (χ0) is 24.1. The van der Waals surface area contributed by atoms with E-state index < -0.39 is 5.91 Å². The molecule has 2 aliphatic rings. The van der Waals surface area contributed by atoms with Crippen molar-refractivity contribution >= 4 is 39.8 Å². The third-order valence-electron chi connectivity index (χ3n) is 6.21. The molecule has 0 saturated heterocycles. The molecule has 0 fully saturated rings. The molecule has 5 rings (SSSR count). The molecule has 1 amide bonds. The number of aliphatic imine (C=N–C) groups is 1. The third-order valence-corrected chi connectivity index (χ3v) is 7.15. The first-order chi connectivity index (χ1) is 16.2. The quantitative estimate of drug-likeness (QED) is 0.503. The lowest BCUT2D eigenvalue weighted by Crippen LogP contribution is -2.35. The molecule has 3 aromatic rings. The van der Waals surface area contributed by atoms with Gasteiger partial charge >= 0.3 is 0 Å². The number of thioether (sulfide) groups is 1. The molecule has 0 atom stereocenters. The minimum Gasteiger partial charge on any atom is -0.318 e. The topological polar surface area (TPSA) is 73.8 Å². The predicted octanol–water partition coefficient (Wildman–Crippen LogP) is 5.69. The molecule has 170 valence electrons. The van der Waals surface area contributed by atoms with Crippen molar-refractivity contribution < 1.29 is 4.79 Å². The number of nitrogens with zero attached hydrogens (tertiary/aromatic N) is 4. The van der Waals surface area contributed by atoms with Crippen LogP contribution in [-0.4, -0.2) is 31.5 Å². The van der Waals surface area contributed by atoms with Gasteiger partial charge in [0.1, 0.15) is 5.04 Å². The van der Waals surface area contributed by atoms with E-state index in [1.165, 1.54) is 27.9 Å². The molecule has 34 heavy (non-hydrogen) atoms. The third kappa shape index (κ3) is 3.62. The van der Waals surface area contributed by atoms with E-state index in [-0.39, 0.29) is 11.4 Å². The predicted molar refractivity (Wildman–Crippen MR) is 140 cm³/mol. The summed E-state index contributed by atoms with van der Waals surface area (Å²) in [6.45, 7) is 10.3. The first-order valence-electron chi connectivity index (χ1n) is 11.1. The Hall–Kier alpha value is -3.71. The fourth-order valence-electron chi connectivity index (χ4n) is 4.33. The molecule has 0 radical (unpaired) electrons. The molecule has 6 nitrogen and oxygen atoms in total. The van der Waals surface area contributed by atoms with Crippen molar-refractivity contribution in [3.8, 4) is 5.69 Å². The summed E-state index contributed by atoms with van der Waals surface area (Å²) in [6.07, 6.45) is 1.76. The zero-order valence-corrected chi connectivity index (χ0v) is 20.6. The van der Waals surface area contributed by atoms with E-state index in [1.54, 1.807) is 6.08 Å². The summed E-state index contributed by atoms with van der Waals surface area (Å²) >= 11 is 1.32. The van der Waals surface area contributed by atoms with Crippen LogP contribution in [0.3, 0.4) is 0 Å². The van der Waals surface area contributed by atoms with Crippen molar-refractivity contribution in [2.45, 2.75) is 34.6 Å². The number of hydrogen-bond donors (Lipinski definition) is 1. The van der Waals surface area contributed by atoms with Gasteiger partial charge in [0, 0.05) is 22.6 Å². The summed E-state index contributed by atoms with van der Waals surface area (Å²) in [5, 5.41) is 16.0. The maximum atomic E-state index is 12.9. The minimum atomic E-state index is -0.415. The zero-order valence-electron chi connectivity index (χ0n) is 19.8. The average molecular weight is 468 g/mol. The van der Waals surface area contributed by atoms with Gasteiger partial charge in [-0.3, -0.25) is 10.2 Å². The monoisotopic (exact) mass is 467 g/mol. The standard InChI is InChI=1S/C27H25N5OS/c1-15-10-11-17(3)23(12-15)31-18(4)13-20(19(31)5)14-22-24(28)32-27(29-25(22)33)34-26(30-32)21-9-7-6-8-16(21)2/h6-14,28H,1-5H3/b22-14+,28-24?. The highest BCUT2D eigenvalue weighted by Crippen LogP contribution is 2.33. The molecule has 2 aromatic carbocycles. The number of carbonyl (C=O) groups is 1. The van der Waals surface area contributed by atoms with Crippen LogP contribution in [0.2, 0.25) is 0 Å². The molecule has 0 spiro atoms. The highest BCUT2D eigenvalue weighted by molar-refractivity contribution is 8.27. The molecular weight excluding hydrogens is 442 g/mol. The number of aryl methyl sites for hydroxylation is 4. The summed E-state index contributed by atoms with van der Waals surface area (Å²) in [5.74, 6) is -0.371. The Morgan fingerprint density at radius 1 is 0.971 bits per heavy atom. The van der Waals surface area contributed by atoms with Crippen LogP contribution in [0.5, 0.6) is 0 Å². The number of amides is 1. The Morgan fingerprint density at radius 3 is 2.50 bits per heavy atom. The van der Waals surface area contributed by atoms with Gasteiger partial charge < -0.3 is 4.57 Å². The minimum absolute atomic E-state index is 0.0441. The van der Waals surface area contributed by atoms with Crippen molar-refractivity contribution in [3.05, 3.63) is 93.3 Å². The van der Waals surface area contributed by atoms with Gasteiger partial charge in [0.2, 0.25) is 5.17 Å². The largest absolute Gasteiger partial charge is 0.318 e. The number of hydrogen-bond acceptors (Lipinski definition) is 4. The molecule has 0 aliphatic carbocycles. The molecule has 1 aromatic heterocycles. The second-order valence-electron chi connectivity index (χ2n) is 8.69. The fraction of sp³-hybridized carbons (Fsp3) is 0.185. The Kier molecular flexibility index (Phi) is 5.37. The summed E-state index contributed by atoms with van der Waals surface area (Å²) in [6, 6.07) is 16.4. The van der Waals surface area contributed by atoms with Gasteiger partial charge in [-0.1, -0.05) is 36.4 Å². The van der Waals surface area contributed by atoms with Crippen molar-refractivity contribution in [2.75, 3.05) is 0 Å². The first kappa shape index (κ1) is 22.1. The Balaban J connectivity index is 1.54. The molecule has 0 bridgehead atoms. The Bertz CT molecular complexity index is 1470. The number of amidine groups is 2. The normalized spacial score (nSPS) is 16.7. The van der Waals surface area contributed by atoms with E-state index in [0.29, 0.717) is 5.17 Å². The van der Waals surface area contributed by atoms with Crippen LogP contribution in [-0.2, 0) is 4.79 Å². The molecule has 0 saturated carbocycles. The molecule has 7 heteroatoms. The van der Waals surface area contributed by atoms with E-state index in [0.717, 1.165) is 38.8 Å². The van der Waals surface area contributed by atoms with Crippen molar-refractivity contribution in [3.63, 3.8) is 0 Å². The van der Waals surface area contributed by atoms with Crippen LogP contribution in [0, 0.1) is 40.0 Å². The summed E-state index contributed by atoms with van der Waals surface area (Å²) in [4.78, 5) is 17.2. The van der Waals surface area contributed by atoms with Crippen LogP contribution < -0.4 is 0 Å². The van der Waals surface area contributed by atoms with E-state index in [9.17, 15) is 4.79 Å². The lowest BCUT2D eigenvalue weighted by Gasteiger charge is -2.20. The van der Waals surface area contributed by atoms with Gasteiger partial charge in [0.15, 0.2) is 5.84 Å².